The summed E-state index contributed by atoms with van der Waals surface area (Å²) in [5.41, 5.74) is 0. The first-order valence-corrected chi connectivity index (χ1v) is 8.73. The molecule has 0 radical (unpaired) electrons. The SMILES string of the molecule is CCN1CCC[C@@H]1CNC(=O)C[C@H]1NC(=O)N(Cc2ccco2)C1=O. The van der Waals surface area contributed by atoms with Gasteiger partial charge in [-0.05, 0) is 38.1 Å². The molecule has 2 atom stereocenters. The molecule has 0 spiro atoms. The van der Waals surface area contributed by atoms with Crippen LogP contribution in [0.5, 0.6) is 0 Å². The molecule has 136 valence electrons. The van der Waals surface area contributed by atoms with Crippen LogP contribution in [0.1, 0.15) is 31.9 Å². The largest absolute Gasteiger partial charge is 0.467 e. The minimum atomic E-state index is -0.812. The summed E-state index contributed by atoms with van der Waals surface area (Å²) < 4.78 is 5.17. The Hall–Kier alpha value is -2.35. The van der Waals surface area contributed by atoms with Gasteiger partial charge < -0.3 is 15.1 Å². The van der Waals surface area contributed by atoms with E-state index in [1.54, 1.807) is 12.1 Å². The number of nitrogens with zero attached hydrogens (tertiary/aromatic N) is 2. The van der Waals surface area contributed by atoms with Gasteiger partial charge in [0.1, 0.15) is 11.8 Å². The van der Waals surface area contributed by atoms with Crippen LogP contribution in [0.2, 0.25) is 0 Å². The molecule has 0 unspecified atom stereocenters. The minimum Gasteiger partial charge on any atom is -0.467 e. The van der Waals surface area contributed by atoms with Crippen LogP contribution < -0.4 is 10.6 Å². The average Bonchev–Trinajstić information content (AvgIpc) is 3.31. The van der Waals surface area contributed by atoms with Crippen LogP contribution in [0.15, 0.2) is 22.8 Å². The molecule has 1 aromatic rings. The van der Waals surface area contributed by atoms with Gasteiger partial charge in [0.15, 0.2) is 0 Å². The number of carbonyl (C=O) groups excluding carboxylic acids is 3. The normalized spacial score (nSPS) is 24.0. The van der Waals surface area contributed by atoms with E-state index in [2.05, 4.69) is 22.5 Å². The molecule has 8 heteroatoms. The van der Waals surface area contributed by atoms with E-state index in [1.165, 1.54) is 6.26 Å². The van der Waals surface area contributed by atoms with Gasteiger partial charge in [0.05, 0.1) is 19.2 Å². The van der Waals surface area contributed by atoms with Gasteiger partial charge in [0.2, 0.25) is 5.91 Å². The fourth-order valence-electron chi connectivity index (χ4n) is 3.46. The molecule has 4 amide bonds. The quantitative estimate of drug-likeness (QED) is 0.707. The molecule has 2 aliphatic rings. The smallest absolute Gasteiger partial charge is 0.325 e. The second-order valence-electron chi connectivity index (χ2n) is 6.44. The predicted octanol–water partition coefficient (Wildman–Crippen LogP) is 0.691. The van der Waals surface area contributed by atoms with Crippen LogP contribution in [0.4, 0.5) is 4.79 Å². The molecule has 8 nitrogen and oxygen atoms in total. The Bertz CT molecular complexity index is 631. The summed E-state index contributed by atoms with van der Waals surface area (Å²) in [6, 6.07) is 2.45. The number of rotatable bonds is 7. The topological polar surface area (TPSA) is 94.9 Å². The zero-order valence-corrected chi connectivity index (χ0v) is 14.4. The van der Waals surface area contributed by atoms with Crippen LogP contribution in [0, 0.1) is 0 Å². The van der Waals surface area contributed by atoms with Crippen molar-refractivity contribution in [2.24, 2.45) is 0 Å². The molecule has 3 rings (SSSR count). The van der Waals surface area contributed by atoms with Crippen LogP contribution in [0.3, 0.4) is 0 Å². The maximum atomic E-state index is 12.3. The standard InChI is InChI=1S/C17H24N4O4/c1-2-20-7-3-5-12(20)10-18-15(22)9-14-16(23)21(17(24)19-14)11-13-6-4-8-25-13/h4,6,8,12,14H,2-3,5,7,9-11H2,1H3,(H,18,22)(H,19,24)/t12-,14-/m1/s1. The van der Waals surface area contributed by atoms with E-state index in [1.807, 2.05) is 0 Å². The highest BCUT2D eigenvalue weighted by Crippen LogP contribution is 2.16. The van der Waals surface area contributed by atoms with E-state index in [9.17, 15) is 14.4 Å². The summed E-state index contributed by atoms with van der Waals surface area (Å²) in [6.45, 7) is 4.80. The lowest BCUT2D eigenvalue weighted by molar-refractivity contribution is -0.131. The lowest BCUT2D eigenvalue weighted by Crippen LogP contribution is -2.42. The predicted molar refractivity (Wildman–Crippen MR) is 89.5 cm³/mol. The van der Waals surface area contributed by atoms with Crippen molar-refractivity contribution in [3.05, 3.63) is 24.2 Å². The number of nitrogens with one attached hydrogen (secondary N) is 2. The number of amides is 4. The third-order valence-corrected chi connectivity index (χ3v) is 4.83. The van der Waals surface area contributed by atoms with Crippen molar-refractivity contribution >= 4 is 17.8 Å². The van der Waals surface area contributed by atoms with Crippen LogP contribution in [-0.2, 0) is 16.1 Å². The number of likely N-dealkylation sites (N-methyl/N-ethyl adjacent to an activating group) is 1. The van der Waals surface area contributed by atoms with Gasteiger partial charge in [-0.2, -0.15) is 0 Å². The second kappa shape index (κ2) is 7.69. The number of hydrogen-bond acceptors (Lipinski definition) is 5. The first-order chi connectivity index (χ1) is 12.1. The lowest BCUT2D eigenvalue weighted by Gasteiger charge is -2.23. The molecule has 1 aromatic heterocycles. The summed E-state index contributed by atoms with van der Waals surface area (Å²) in [6.07, 6.45) is 3.66. The fraction of sp³-hybridized carbons (Fsp3) is 0.588. The van der Waals surface area contributed by atoms with Gasteiger partial charge in [0.25, 0.3) is 5.91 Å². The summed E-state index contributed by atoms with van der Waals surface area (Å²) in [4.78, 5) is 39.9. The zero-order valence-electron chi connectivity index (χ0n) is 14.4. The van der Waals surface area contributed by atoms with Crippen molar-refractivity contribution < 1.29 is 18.8 Å². The Morgan fingerprint density at radius 2 is 2.28 bits per heavy atom. The van der Waals surface area contributed by atoms with Gasteiger partial charge in [-0.25, -0.2) is 4.79 Å². The van der Waals surface area contributed by atoms with Crippen molar-refractivity contribution in [1.82, 2.24) is 20.4 Å². The van der Waals surface area contributed by atoms with E-state index in [4.69, 9.17) is 4.42 Å². The zero-order chi connectivity index (χ0) is 17.8. The molecule has 25 heavy (non-hydrogen) atoms. The summed E-state index contributed by atoms with van der Waals surface area (Å²) in [5, 5.41) is 5.46. The molecule has 0 bridgehead atoms. The number of hydrogen-bond donors (Lipinski definition) is 2. The van der Waals surface area contributed by atoms with Gasteiger partial charge >= 0.3 is 6.03 Å². The summed E-state index contributed by atoms with van der Waals surface area (Å²) in [5.74, 6) is -0.0939. The van der Waals surface area contributed by atoms with Crippen LogP contribution in [-0.4, -0.2) is 59.4 Å². The highest BCUT2D eigenvalue weighted by molar-refractivity contribution is 6.05. The van der Waals surface area contributed by atoms with Crippen molar-refractivity contribution in [3.8, 4) is 0 Å². The van der Waals surface area contributed by atoms with E-state index < -0.39 is 18.0 Å². The monoisotopic (exact) mass is 348 g/mol. The van der Waals surface area contributed by atoms with E-state index >= 15 is 0 Å². The average molecular weight is 348 g/mol. The molecule has 0 aromatic carbocycles. The molecule has 2 N–H and O–H groups in total. The van der Waals surface area contributed by atoms with Crippen molar-refractivity contribution in [2.75, 3.05) is 19.6 Å². The Balaban J connectivity index is 1.48. The Morgan fingerprint density at radius 3 is 3.00 bits per heavy atom. The van der Waals surface area contributed by atoms with Gasteiger partial charge in [-0.15, -0.1) is 0 Å². The third kappa shape index (κ3) is 4.01. The van der Waals surface area contributed by atoms with E-state index in [0.29, 0.717) is 18.3 Å². The molecule has 0 aliphatic carbocycles. The van der Waals surface area contributed by atoms with Crippen molar-refractivity contribution in [3.63, 3.8) is 0 Å². The maximum absolute atomic E-state index is 12.3. The van der Waals surface area contributed by atoms with Crippen LogP contribution >= 0.6 is 0 Å². The Labute approximate surface area is 146 Å². The highest BCUT2D eigenvalue weighted by Gasteiger charge is 2.39. The fourth-order valence-corrected chi connectivity index (χ4v) is 3.46. The molecule has 2 aliphatic heterocycles. The van der Waals surface area contributed by atoms with Gasteiger partial charge in [0, 0.05) is 12.6 Å². The Morgan fingerprint density at radius 1 is 1.44 bits per heavy atom. The van der Waals surface area contributed by atoms with Gasteiger partial charge in [-0.1, -0.05) is 6.92 Å². The molecule has 2 fully saturated rings. The molecule has 0 saturated carbocycles. The number of imide groups is 1. The minimum absolute atomic E-state index is 0.0436. The second-order valence-corrected chi connectivity index (χ2v) is 6.44. The van der Waals surface area contributed by atoms with Gasteiger partial charge in [-0.3, -0.25) is 19.4 Å². The third-order valence-electron chi connectivity index (χ3n) is 4.83. The first-order valence-electron chi connectivity index (χ1n) is 8.73. The van der Waals surface area contributed by atoms with E-state index in [-0.39, 0.29) is 18.9 Å². The highest BCUT2D eigenvalue weighted by atomic mass is 16.3. The summed E-state index contributed by atoms with van der Waals surface area (Å²) >= 11 is 0. The lowest BCUT2D eigenvalue weighted by atomic mass is 10.1. The number of urea groups is 1. The number of furan rings is 1. The van der Waals surface area contributed by atoms with Crippen LogP contribution in [0.25, 0.3) is 0 Å². The van der Waals surface area contributed by atoms with Crippen molar-refractivity contribution in [1.29, 1.82) is 0 Å². The summed E-state index contributed by atoms with van der Waals surface area (Å²) in [7, 11) is 0. The maximum Gasteiger partial charge on any atom is 0.325 e. The first kappa shape index (κ1) is 17.5. The number of carbonyl (C=O) groups is 3. The molecule has 3 heterocycles. The molecule has 2 saturated heterocycles. The van der Waals surface area contributed by atoms with Crippen molar-refractivity contribution in [2.45, 2.75) is 44.8 Å². The molecular formula is C17H24N4O4. The Kier molecular flexibility index (Phi) is 5.37. The van der Waals surface area contributed by atoms with E-state index in [0.717, 1.165) is 30.8 Å². The number of likely N-dealkylation sites (tertiary alicyclic amines) is 1. The molecular weight excluding hydrogens is 324 g/mol.